The molecule has 0 radical (unpaired) electrons. The highest BCUT2D eigenvalue weighted by Gasteiger charge is 2.31. The second kappa shape index (κ2) is 4.95. The first kappa shape index (κ1) is 15.2. The predicted octanol–water partition coefficient (Wildman–Crippen LogP) is 0.344. The number of hydrogen-bond donors (Lipinski definition) is 2. The summed E-state index contributed by atoms with van der Waals surface area (Å²) in [6.07, 6.45) is 1.23. The van der Waals surface area contributed by atoms with E-state index in [0.717, 1.165) is 16.7 Å². The van der Waals surface area contributed by atoms with Crippen LogP contribution in [0.25, 0.3) is 0 Å². The summed E-state index contributed by atoms with van der Waals surface area (Å²) < 4.78 is 49.1. The fraction of sp³-hybridized carbons (Fsp3) is 0.300. The van der Waals surface area contributed by atoms with Crippen molar-refractivity contribution in [3.63, 3.8) is 0 Å². The third kappa shape index (κ3) is 2.92. The lowest BCUT2D eigenvalue weighted by Gasteiger charge is -2.11. The van der Waals surface area contributed by atoms with Gasteiger partial charge in [-0.3, -0.25) is 0 Å². The number of carboxylic acid groups (broad SMARTS) is 1. The second-order valence-electron chi connectivity index (χ2n) is 4.27. The van der Waals surface area contributed by atoms with Crippen molar-refractivity contribution in [1.29, 1.82) is 0 Å². The number of rotatable bonds is 4. The van der Waals surface area contributed by atoms with E-state index in [1.165, 1.54) is 18.4 Å². The molecule has 10 heteroatoms. The van der Waals surface area contributed by atoms with Crippen molar-refractivity contribution in [3.05, 3.63) is 27.3 Å². The molecule has 0 amide bonds. The summed E-state index contributed by atoms with van der Waals surface area (Å²) in [5, 5.41) is 11.4. The molecule has 20 heavy (non-hydrogen) atoms. The fourth-order valence-electron chi connectivity index (χ4n) is 1.82. The van der Waals surface area contributed by atoms with E-state index in [4.69, 9.17) is 5.11 Å². The average Bonchev–Trinajstić information content (AvgIpc) is 2.81. The highest BCUT2D eigenvalue weighted by Crippen LogP contribution is 2.27. The molecule has 2 rings (SSSR count). The SMILES string of the molecule is Cc1csc(C(=O)O)c1S(=O)(=O)NC1C=CS(=O)(=O)C1. The molecule has 0 bridgehead atoms. The van der Waals surface area contributed by atoms with Gasteiger partial charge in [0.15, 0.2) is 9.84 Å². The number of hydrogen-bond acceptors (Lipinski definition) is 6. The Kier molecular flexibility index (Phi) is 3.75. The lowest BCUT2D eigenvalue weighted by Crippen LogP contribution is -2.36. The van der Waals surface area contributed by atoms with Crippen molar-refractivity contribution in [2.45, 2.75) is 17.9 Å². The molecule has 2 heterocycles. The maximum Gasteiger partial charge on any atom is 0.347 e. The quantitative estimate of drug-likeness (QED) is 0.818. The van der Waals surface area contributed by atoms with E-state index in [9.17, 15) is 21.6 Å². The first-order chi connectivity index (χ1) is 9.12. The summed E-state index contributed by atoms with van der Waals surface area (Å²) in [5.41, 5.74) is 0.310. The molecular weight excluding hydrogens is 326 g/mol. The zero-order valence-corrected chi connectivity index (χ0v) is 12.7. The zero-order valence-electron chi connectivity index (χ0n) is 10.2. The molecule has 1 unspecified atom stereocenters. The Morgan fingerprint density at radius 1 is 1.50 bits per heavy atom. The van der Waals surface area contributed by atoms with Crippen LogP contribution in [0.15, 0.2) is 21.8 Å². The number of sulfonamides is 1. The van der Waals surface area contributed by atoms with Crippen LogP contribution in [0, 0.1) is 6.92 Å². The fourth-order valence-corrected chi connectivity index (χ4v) is 5.98. The van der Waals surface area contributed by atoms with Gasteiger partial charge in [-0.05, 0) is 17.9 Å². The third-order valence-electron chi connectivity index (χ3n) is 2.62. The van der Waals surface area contributed by atoms with Crippen molar-refractivity contribution >= 4 is 37.2 Å². The number of nitrogens with one attached hydrogen (secondary N) is 1. The smallest absolute Gasteiger partial charge is 0.347 e. The average molecular weight is 337 g/mol. The maximum atomic E-state index is 12.2. The Balaban J connectivity index is 2.35. The Morgan fingerprint density at radius 2 is 2.15 bits per heavy atom. The molecule has 2 N–H and O–H groups in total. The van der Waals surface area contributed by atoms with Gasteiger partial charge in [0.2, 0.25) is 10.0 Å². The standard InChI is InChI=1S/C10H11NO6S3/c1-6-4-18-8(10(12)13)9(6)20(16,17)11-7-2-3-19(14,15)5-7/h2-4,7,11H,5H2,1H3,(H,12,13). The van der Waals surface area contributed by atoms with Gasteiger partial charge in [0.05, 0.1) is 11.8 Å². The topological polar surface area (TPSA) is 118 Å². The molecule has 1 aliphatic heterocycles. The van der Waals surface area contributed by atoms with Crippen molar-refractivity contribution in [1.82, 2.24) is 4.72 Å². The summed E-state index contributed by atoms with van der Waals surface area (Å²) in [4.78, 5) is 10.4. The Morgan fingerprint density at radius 3 is 2.65 bits per heavy atom. The molecule has 1 aromatic rings. The van der Waals surface area contributed by atoms with Gasteiger partial charge in [0.1, 0.15) is 9.77 Å². The van der Waals surface area contributed by atoms with Crippen molar-refractivity contribution in [3.8, 4) is 0 Å². The highest BCUT2D eigenvalue weighted by atomic mass is 32.2. The van der Waals surface area contributed by atoms with Crippen molar-refractivity contribution < 1.29 is 26.7 Å². The molecular formula is C10H11NO6S3. The first-order valence-electron chi connectivity index (χ1n) is 5.37. The highest BCUT2D eigenvalue weighted by molar-refractivity contribution is 7.94. The van der Waals surface area contributed by atoms with E-state index in [1.807, 2.05) is 0 Å². The minimum Gasteiger partial charge on any atom is -0.477 e. The van der Waals surface area contributed by atoms with Gasteiger partial charge in [0.25, 0.3) is 0 Å². The van der Waals surface area contributed by atoms with E-state index in [-0.39, 0.29) is 15.5 Å². The number of thiophene rings is 1. The van der Waals surface area contributed by atoms with Gasteiger partial charge in [-0.2, -0.15) is 0 Å². The van der Waals surface area contributed by atoms with Crippen LogP contribution in [-0.4, -0.2) is 39.7 Å². The van der Waals surface area contributed by atoms with E-state index in [0.29, 0.717) is 5.56 Å². The van der Waals surface area contributed by atoms with Crippen LogP contribution in [0.3, 0.4) is 0 Å². The van der Waals surface area contributed by atoms with Gasteiger partial charge in [-0.1, -0.05) is 6.08 Å². The molecule has 0 saturated heterocycles. The monoisotopic (exact) mass is 337 g/mol. The molecule has 0 spiro atoms. The maximum absolute atomic E-state index is 12.2. The van der Waals surface area contributed by atoms with E-state index in [2.05, 4.69) is 4.72 Å². The third-order valence-corrected chi connectivity index (χ3v) is 6.90. The number of sulfone groups is 1. The number of aryl methyl sites for hydroxylation is 1. The van der Waals surface area contributed by atoms with E-state index in [1.54, 1.807) is 0 Å². The Bertz CT molecular complexity index is 787. The van der Waals surface area contributed by atoms with Crippen LogP contribution >= 0.6 is 11.3 Å². The summed E-state index contributed by atoms with van der Waals surface area (Å²) in [6, 6.07) is -0.883. The molecule has 110 valence electrons. The van der Waals surface area contributed by atoms with Crippen molar-refractivity contribution in [2.75, 3.05) is 5.75 Å². The van der Waals surface area contributed by atoms with Crippen LogP contribution < -0.4 is 4.72 Å². The lowest BCUT2D eigenvalue weighted by atomic mass is 10.3. The second-order valence-corrected chi connectivity index (χ2v) is 8.73. The van der Waals surface area contributed by atoms with Gasteiger partial charge in [-0.15, -0.1) is 11.3 Å². The molecule has 0 saturated carbocycles. The van der Waals surface area contributed by atoms with Crippen LogP contribution in [-0.2, 0) is 19.9 Å². The van der Waals surface area contributed by atoms with Crippen LogP contribution in [0.2, 0.25) is 0 Å². The first-order valence-corrected chi connectivity index (χ1v) is 9.45. The Labute approximate surface area is 119 Å². The molecule has 0 fully saturated rings. The molecule has 0 aromatic carbocycles. The van der Waals surface area contributed by atoms with E-state index >= 15 is 0 Å². The molecule has 7 nitrogen and oxygen atoms in total. The number of carbonyl (C=O) groups is 1. The summed E-state index contributed by atoms with van der Waals surface area (Å²) in [5.74, 6) is -1.70. The van der Waals surface area contributed by atoms with Gasteiger partial charge >= 0.3 is 5.97 Å². The summed E-state index contributed by atoms with van der Waals surface area (Å²) >= 11 is 0.814. The van der Waals surface area contributed by atoms with Crippen LogP contribution in [0.4, 0.5) is 0 Å². The Hall–Kier alpha value is -1.23. The molecule has 0 aliphatic carbocycles. The molecule has 1 aliphatic rings. The normalized spacial score (nSPS) is 21.1. The predicted molar refractivity (Wildman–Crippen MR) is 73.1 cm³/mol. The minimum atomic E-state index is -4.09. The van der Waals surface area contributed by atoms with Gasteiger partial charge in [-0.25, -0.2) is 26.4 Å². The van der Waals surface area contributed by atoms with Gasteiger partial charge in [0, 0.05) is 5.41 Å². The zero-order chi connectivity index (χ0) is 15.1. The molecule has 1 atom stereocenters. The summed E-state index contributed by atoms with van der Waals surface area (Å²) in [6.45, 7) is 1.48. The molecule has 1 aromatic heterocycles. The minimum absolute atomic E-state index is 0.292. The summed E-state index contributed by atoms with van der Waals surface area (Å²) in [7, 11) is -7.49. The van der Waals surface area contributed by atoms with Crippen LogP contribution in [0.5, 0.6) is 0 Å². The van der Waals surface area contributed by atoms with Crippen molar-refractivity contribution in [2.24, 2.45) is 0 Å². The number of aromatic carboxylic acids is 1. The largest absolute Gasteiger partial charge is 0.477 e. The van der Waals surface area contributed by atoms with Gasteiger partial charge < -0.3 is 5.11 Å². The lowest BCUT2D eigenvalue weighted by molar-refractivity contribution is 0.0698. The number of carboxylic acids is 1. The van der Waals surface area contributed by atoms with E-state index < -0.39 is 31.9 Å². The van der Waals surface area contributed by atoms with Crippen LogP contribution in [0.1, 0.15) is 15.2 Å².